The van der Waals surface area contributed by atoms with E-state index in [0.29, 0.717) is 13.2 Å². The summed E-state index contributed by atoms with van der Waals surface area (Å²) in [4.78, 5) is 4.11. The standard InChI is InChI=1S/C12H16N2O2/c1-8-4-3-5-9(2)11(8)15-6-10-7-16-12(13)14-10/h3-5,10H,6-7H2,1-2H3,(H2,13,14). The molecular weight excluding hydrogens is 204 g/mol. The molecule has 0 aliphatic carbocycles. The summed E-state index contributed by atoms with van der Waals surface area (Å²) in [5.41, 5.74) is 7.70. The highest BCUT2D eigenvalue weighted by atomic mass is 16.5. The van der Waals surface area contributed by atoms with Gasteiger partial charge in [0, 0.05) is 0 Å². The molecule has 0 amide bonds. The lowest BCUT2D eigenvalue weighted by molar-refractivity contribution is 0.240. The molecule has 0 spiro atoms. The molecule has 0 saturated carbocycles. The van der Waals surface area contributed by atoms with Gasteiger partial charge in [0.05, 0.1) is 0 Å². The lowest BCUT2D eigenvalue weighted by atomic mass is 10.1. The summed E-state index contributed by atoms with van der Waals surface area (Å²) in [6.07, 6.45) is 0. The van der Waals surface area contributed by atoms with Gasteiger partial charge in [-0.2, -0.15) is 0 Å². The number of amidine groups is 1. The van der Waals surface area contributed by atoms with Crippen LogP contribution in [0.4, 0.5) is 0 Å². The molecule has 1 atom stereocenters. The minimum absolute atomic E-state index is 0.0130. The minimum Gasteiger partial charge on any atom is -0.491 e. The summed E-state index contributed by atoms with van der Waals surface area (Å²) in [7, 11) is 0. The highest BCUT2D eigenvalue weighted by Gasteiger charge is 2.17. The third-order valence-electron chi connectivity index (χ3n) is 2.56. The van der Waals surface area contributed by atoms with Gasteiger partial charge in [-0.1, -0.05) is 18.2 Å². The van der Waals surface area contributed by atoms with Crippen LogP contribution in [0.25, 0.3) is 0 Å². The fraction of sp³-hybridized carbons (Fsp3) is 0.417. The van der Waals surface area contributed by atoms with E-state index in [1.165, 1.54) is 0 Å². The first-order valence-electron chi connectivity index (χ1n) is 5.32. The SMILES string of the molecule is Cc1cccc(C)c1OCC1COC(N)=N1. The van der Waals surface area contributed by atoms with E-state index >= 15 is 0 Å². The Hall–Kier alpha value is -1.71. The van der Waals surface area contributed by atoms with E-state index in [1.807, 2.05) is 32.0 Å². The van der Waals surface area contributed by atoms with E-state index in [2.05, 4.69) is 4.99 Å². The molecule has 0 radical (unpaired) electrons. The normalized spacial score (nSPS) is 19.1. The molecule has 4 heteroatoms. The summed E-state index contributed by atoms with van der Waals surface area (Å²) in [5, 5.41) is 0. The van der Waals surface area contributed by atoms with Crippen molar-refractivity contribution in [1.82, 2.24) is 0 Å². The zero-order valence-electron chi connectivity index (χ0n) is 9.56. The number of rotatable bonds is 3. The van der Waals surface area contributed by atoms with Crippen LogP contribution in [0.15, 0.2) is 23.2 Å². The third kappa shape index (κ3) is 2.27. The summed E-state index contributed by atoms with van der Waals surface area (Å²) >= 11 is 0. The van der Waals surface area contributed by atoms with Crippen LogP contribution in [-0.2, 0) is 4.74 Å². The first kappa shape index (κ1) is 10.8. The van der Waals surface area contributed by atoms with E-state index in [4.69, 9.17) is 15.2 Å². The monoisotopic (exact) mass is 220 g/mol. The maximum Gasteiger partial charge on any atom is 0.282 e. The Morgan fingerprint density at radius 1 is 1.44 bits per heavy atom. The molecule has 1 unspecified atom stereocenters. The number of benzene rings is 1. The number of nitrogens with zero attached hydrogens (tertiary/aromatic N) is 1. The number of para-hydroxylation sites is 1. The summed E-state index contributed by atoms with van der Waals surface area (Å²) < 4.78 is 10.8. The fourth-order valence-electron chi connectivity index (χ4n) is 1.73. The van der Waals surface area contributed by atoms with Crippen LogP contribution < -0.4 is 10.5 Å². The number of hydrogen-bond acceptors (Lipinski definition) is 4. The molecule has 16 heavy (non-hydrogen) atoms. The van der Waals surface area contributed by atoms with Gasteiger partial charge >= 0.3 is 0 Å². The topological polar surface area (TPSA) is 56.8 Å². The Kier molecular flexibility index (Phi) is 2.99. The van der Waals surface area contributed by atoms with Gasteiger partial charge in [-0.3, -0.25) is 0 Å². The molecule has 0 saturated heterocycles. The summed E-state index contributed by atoms with van der Waals surface area (Å²) in [6.45, 7) is 5.08. The van der Waals surface area contributed by atoms with E-state index in [1.54, 1.807) is 0 Å². The first-order valence-corrected chi connectivity index (χ1v) is 5.32. The average Bonchev–Trinajstić information content (AvgIpc) is 2.63. The molecule has 1 aromatic carbocycles. The van der Waals surface area contributed by atoms with Crippen molar-refractivity contribution >= 4 is 6.02 Å². The fourth-order valence-corrected chi connectivity index (χ4v) is 1.73. The predicted octanol–water partition coefficient (Wildman–Crippen LogP) is 1.40. The molecule has 1 aromatic rings. The van der Waals surface area contributed by atoms with Crippen molar-refractivity contribution in [2.45, 2.75) is 19.9 Å². The van der Waals surface area contributed by atoms with Crippen molar-refractivity contribution in [3.05, 3.63) is 29.3 Å². The van der Waals surface area contributed by atoms with Crippen LogP contribution in [0.3, 0.4) is 0 Å². The van der Waals surface area contributed by atoms with Crippen molar-refractivity contribution in [3.8, 4) is 5.75 Å². The average molecular weight is 220 g/mol. The quantitative estimate of drug-likeness (QED) is 0.837. The van der Waals surface area contributed by atoms with Gasteiger partial charge in [0.15, 0.2) is 0 Å². The molecule has 0 bridgehead atoms. The predicted molar refractivity (Wildman–Crippen MR) is 62.8 cm³/mol. The number of ether oxygens (including phenoxy) is 2. The number of hydrogen-bond donors (Lipinski definition) is 1. The Morgan fingerprint density at radius 2 is 2.12 bits per heavy atom. The van der Waals surface area contributed by atoms with E-state index in [0.717, 1.165) is 16.9 Å². The molecule has 1 aliphatic heterocycles. The highest BCUT2D eigenvalue weighted by Crippen LogP contribution is 2.22. The van der Waals surface area contributed by atoms with Crippen LogP contribution in [0.2, 0.25) is 0 Å². The van der Waals surface area contributed by atoms with Crippen LogP contribution >= 0.6 is 0 Å². The largest absolute Gasteiger partial charge is 0.491 e. The molecule has 0 fully saturated rings. The smallest absolute Gasteiger partial charge is 0.282 e. The molecule has 2 rings (SSSR count). The Balaban J connectivity index is 2.00. The van der Waals surface area contributed by atoms with Gasteiger partial charge < -0.3 is 15.2 Å². The van der Waals surface area contributed by atoms with Gasteiger partial charge in [0.1, 0.15) is 25.0 Å². The van der Waals surface area contributed by atoms with Crippen LogP contribution in [0.5, 0.6) is 5.75 Å². The molecular formula is C12H16N2O2. The van der Waals surface area contributed by atoms with E-state index in [-0.39, 0.29) is 12.1 Å². The zero-order valence-corrected chi connectivity index (χ0v) is 9.56. The molecule has 0 aromatic heterocycles. The second-order valence-corrected chi connectivity index (χ2v) is 3.96. The Labute approximate surface area is 95.1 Å². The van der Waals surface area contributed by atoms with Gasteiger partial charge in [-0.05, 0) is 25.0 Å². The molecule has 4 nitrogen and oxygen atoms in total. The maximum atomic E-state index is 5.76. The van der Waals surface area contributed by atoms with Gasteiger partial charge in [0.25, 0.3) is 6.02 Å². The van der Waals surface area contributed by atoms with Crippen molar-refractivity contribution in [1.29, 1.82) is 0 Å². The van der Waals surface area contributed by atoms with Gasteiger partial charge in [-0.25, -0.2) is 4.99 Å². The van der Waals surface area contributed by atoms with Gasteiger partial charge in [0.2, 0.25) is 0 Å². The van der Waals surface area contributed by atoms with E-state index < -0.39 is 0 Å². The van der Waals surface area contributed by atoms with Crippen LogP contribution in [-0.4, -0.2) is 25.3 Å². The van der Waals surface area contributed by atoms with Crippen molar-refractivity contribution in [2.24, 2.45) is 10.7 Å². The second kappa shape index (κ2) is 4.43. The molecule has 1 aliphatic rings. The molecule has 2 N–H and O–H groups in total. The third-order valence-corrected chi connectivity index (χ3v) is 2.56. The van der Waals surface area contributed by atoms with Crippen molar-refractivity contribution in [3.63, 3.8) is 0 Å². The summed E-state index contributed by atoms with van der Waals surface area (Å²) in [5.74, 6) is 0.933. The van der Waals surface area contributed by atoms with E-state index in [9.17, 15) is 0 Å². The van der Waals surface area contributed by atoms with Crippen LogP contribution in [0.1, 0.15) is 11.1 Å². The Morgan fingerprint density at radius 3 is 2.69 bits per heavy atom. The lowest BCUT2D eigenvalue weighted by Gasteiger charge is -2.13. The summed E-state index contributed by atoms with van der Waals surface area (Å²) in [6, 6.07) is 6.36. The van der Waals surface area contributed by atoms with Crippen molar-refractivity contribution in [2.75, 3.05) is 13.2 Å². The molecule has 1 heterocycles. The van der Waals surface area contributed by atoms with Crippen molar-refractivity contribution < 1.29 is 9.47 Å². The maximum absolute atomic E-state index is 5.76. The van der Waals surface area contributed by atoms with Crippen LogP contribution in [0, 0.1) is 13.8 Å². The zero-order chi connectivity index (χ0) is 11.5. The number of aryl methyl sites for hydroxylation is 2. The number of nitrogens with two attached hydrogens (primary N) is 1. The molecule has 86 valence electrons. The first-order chi connectivity index (χ1) is 7.66. The lowest BCUT2D eigenvalue weighted by Crippen LogP contribution is -2.17. The highest BCUT2D eigenvalue weighted by molar-refractivity contribution is 5.73. The van der Waals surface area contributed by atoms with Gasteiger partial charge in [-0.15, -0.1) is 0 Å². The minimum atomic E-state index is 0.0130. The Bertz CT molecular complexity index is 395. The number of aliphatic imine (C=N–C) groups is 1. The second-order valence-electron chi connectivity index (χ2n) is 3.96.